The summed E-state index contributed by atoms with van der Waals surface area (Å²) < 4.78 is 41.9. The summed E-state index contributed by atoms with van der Waals surface area (Å²) >= 11 is 6.39. The fourth-order valence-corrected chi connectivity index (χ4v) is 5.07. The summed E-state index contributed by atoms with van der Waals surface area (Å²) in [4.78, 5) is 49.6. The fraction of sp³-hybridized carbons (Fsp3) is 0.462. The number of carbonyl (C=O) groups excluding carboxylic acids is 3. The van der Waals surface area contributed by atoms with Crippen LogP contribution in [0.25, 0.3) is 0 Å². The minimum Gasteiger partial charge on any atom is -0.481 e. The molecule has 0 radical (unpaired) electrons. The molecule has 8 nitrogen and oxygen atoms in total. The van der Waals surface area contributed by atoms with Gasteiger partial charge in [0.2, 0.25) is 0 Å². The van der Waals surface area contributed by atoms with Crippen LogP contribution >= 0.6 is 11.6 Å². The average Bonchev–Trinajstić information content (AvgIpc) is 3.41. The topological polar surface area (TPSA) is 117 Å². The molecule has 1 aliphatic rings. The van der Waals surface area contributed by atoms with Crippen LogP contribution in [0.3, 0.4) is 0 Å². The van der Waals surface area contributed by atoms with E-state index in [1.807, 2.05) is 6.92 Å². The largest absolute Gasteiger partial charge is 0.481 e. The van der Waals surface area contributed by atoms with Crippen molar-refractivity contribution in [3.8, 4) is 0 Å². The number of nitrogens with one attached hydrogen (secondary N) is 2. The van der Waals surface area contributed by atoms with Gasteiger partial charge in [0, 0.05) is 43.0 Å². The van der Waals surface area contributed by atoms with Gasteiger partial charge in [-0.05, 0) is 38.0 Å². The summed E-state index contributed by atoms with van der Waals surface area (Å²) in [5.41, 5.74) is -0.201. The first-order chi connectivity index (χ1) is 18.0. The van der Waals surface area contributed by atoms with Gasteiger partial charge in [-0.2, -0.15) is 0 Å². The minimum atomic E-state index is -1.68. The summed E-state index contributed by atoms with van der Waals surface area (Å²) in [5.74, 6) is -8.27. The molecular weight excluding hydrogens is 527 g/mol. The lowest BCUT2D eigenvalue weighted by Crippen LogP contribution is -2.33. The second-order valence-corrected chi connectivity index (χ2v) is 9.66. The summed E-state index contributed by atoms with van der Waals surface area (Å²) in [5, 5.41) is 13.6. The number of amides is 2. The van der Waals surface area contributed by atoms with Gasteiger partial charge in [-0.15, -0.1) is 0 Å². The number of fused-ring (bicyclic) bond motifs is 1. The number of anilines is 1. The lowest BCUT2D eigenvalue weighted by Gasteiger charge is -2.14. The second-order valence-electron chi connectivity index (χ2n) is 9.28. The number of carboxylic acid groups (broad SMARTS) is 1. The molecule has 2 heterocycles. The lowest BCUT2D eigenvalue weighted by molar-refractivity contribution is -0.138. The van der Waals surface area contributed by atoms with E-state index in [1.54, 1.807) is 0 Å². The van der Waals surface area contributed by atoms with Crippen molar-refractivity contribution < 1.29 is 37.5 Å². The van der Waals surface area contributed by atoms with Gasteiger partial charge in [-0.25, -0.2) is 13.2 Å². The maximum atomic E-state index is 13.6. The molecule has 3 N–H and O–H groups in total. The van der Waals surface area contributed by atoms with Gasteiger partial charge >= 0.3 is 5.97 Å². The van der Waals surface area contributed by atoms with E-state index in [1.165, 1.54) is 4.57 Å². The van der Waals surface area contributed by atoms with Crippen molar-refractivity contribution in [2.75, 3.05) is 11.9 Å². The van der Waals surface area contributed by atoms with E-state index in [4.69, 9.17) is 16.7 Å². The number of benzene rings is 1. The highest BCUT2D eigenvalue weighted by Crippen LogP contribution is 2.34. The fourth-order valence-electron chi connectivity index (χ4n) is 4.69. The van der Waals surface area contributed by atoms with Gasteiger partial charge in [0.15, 0.2) is 17.5 Å². The van der Waals surface area contributed by atoms with Gasteiger partial charge < -0.3 is 20.3 Å². The number of aliphatic carboxylic acids is 1. The molecule has 0 saturated heterocycles. The SMILES string of the molecule is CCCCC(CCCNC(=O)C(=O)c1c(Cl)c(C(=O)Nc2cc(F)c(F)c(F)c2)c2n1CCC2)CC(=O)O. The zero-order chi connectivity index (χ0) is 28.0. The lowest BCUT2D eigenvalue weighted by atomic mass is 9.93. The second kappa shape index (κ2) is 12.9. The number of carboxylic acids is 1. The summed E-state index contributed by atoms with van der Waals surface area (Å²) in [6, 6.07) is 1.23. The zero-order valence-corrected chi connectivity index (χ0v) is 21.6. The monoisotopic (exact) mass is 555 g/mol. The maximum absolute atomic E-state index is 13.6. The first-order valence-corrected chi connectivity index (χ1v) is 12.8. The van der Waals surface area contributed by atoms with Crippen molar-refractivity contribution in [1.82, 2.24) is 9.88 Å². The van der Waals surface area contributed by atoms with Crippen molar-refractivity contribution in [3.63, 3.8) is 0 Å². The molecule has 1 unspecified atom stereocenters. The minimum absolute atomic E-state index is 0.0208. The Hall–Kier alpha value is -3.34. The first-order valence-electron chi connectivity index (χ1n) is 12.5. The molecule has 2 amide bonds. The third-order valence-electron chi connectivity index (χ3n) is 6.50. The predicted octanol–water partition coefficient (Wildman–Crippen LogP) is 5.12. The molecule has 2 aromatic rings. The van der Waals surface area contributed by atoms with Crippen LogP contribution in [0.5, 0.6) is 0 Å². The smallest absolute Gasteiger partial charge is 0.303 e. The molecule has 1 atom stereocenters. The molecule has 1 aromatic heterocycles. The van der Waals surface area contributed by atoms with E-state index in [0.717, 1.165) is 19.3 Å². The number of carbonyl (C=O) groups is 4. The highest BCUT2D eigenvalue weighted by atomic mass is 35.5. The Bertz CT molecular complexity index is 1220. The van der Waals surface area contributed by atoms with Crippen LogP contribution in [0.1, 0.15) is 78.4 Å². The molecule has 12 heteroatoms. The normalized spacial score (nSPS) is 13.2. The molecule has 0 fully saturated rings. The quantitative estimate of drug-likeness (QED) is 0.137. The molecule has 1 aliphatic heterocycles. The van der Waals surface area contributed by atoms with Crippen LogP contribution in [-0.2, 0) is 22.6 Å². The highest BCUT2D eigenvalue weighted by Gasteiger charge is 2.34. The van der Waals surface area contributed by atoms with E-state index in [2.05, 4.69) is 10.6 Å². The maximum Gasteiger partial charge on any atom is 0.303 e. The van der Waals surface area contributed by atoms with Crippen LogP contribution in [0.15, 0.2) is 12.1 Å². The number of ketones is 1. The molecular formula is C26H29ClF3N3O5. The Morgan fingerprint density at radius 1 is 1.11 bits per heavy atom. The number of halogens is 4. The van der Waals surface area contributed by atoms with E-state index in [-0.39, 0.29) is 40.9 Å². The van der Waals surface area contributed by atoms with E-state index in [9.17, 15) is 32.3 Å². The van der Waals surface area contributed by atoms with Crippen LogP contribution < -0.4 is 10.6 Å². The number of hydrogen-bond donors (Lipinski definition) is 3. The van der Waals surface area contributed by atoms with Gasteiger partial charge in [-0.3, -0.25) is 19.2 Å². The van der Waals surface area contributed by atoms with E-state index >= 15 is 0 Å². The van der Waals surface area contributed by atoms with Crippen LogP contribution in [0, 0.1) is 23.4 Å². The molecule has 0 bridgehead atoms. The van der Waals surface area contributed by atoms with Crippen molar-refractivity contribution in [2.45, 2.75) is 64.8 Å². The predicted molar refractivity (Wildman–Crippen MR) is 134 cm³/mol. The van der Waals surface area contributed by atoms with Crippen molar-refractivity contribution in [3.05, 3.63) is 51.6 Å². The molecule has 0 aliphatic carbocycles. The number of unbranched alkanes of at least 4 members (excludes halogenated alkanes) is 1. The summed E-state index contributed by atoms with van der Waals surface area (Å²) in [6.07, 6.45) is 4.69. The van der Waals surface area contributed by atoms with Crippen molar-refractivity contribution in [1.29, 1.82) is 0 Å². The number of aromatic nitrogens is 1. The van der Waals surface area contributed by atoms with Crippen molar-refractivity contribution >= 4 is 40.9 Å². The third kappa shape index (κ3) is 6.75. The molecule has 3 rings (SSSR count). The van der Waals surface area contributed by atoms with Gasteiger partial charge in [0.1, 0.15) is 5.69 Å². The Balaban J connectivity index is 1.69. The van der Waals surface area contributed by atoms with Gasteiger partial charge in [-0.1, -0.05) is 31.4 Å². The zero-order valence-electron chi connectivity index (χ0n) is 20.8. The van der Waals surface area contributed by atoms with Crippen LogP contribution in [0.2, 0.25) is 5.02 Å². The van der Waals surface area contributed by atoms with Gasteiger partial charge in [0.05, 0.1) is 10.6 Å². The molecule has 38 heavy (non-hydrogen) atoms. The van der Waals surface area contributed by atoms with Crippen molar-refractivity contribution in [2.24, 2.45) is 5.92 Å². The van der Waals surface area contributed by atoms with Crippen LogP contribution in [0.4, 0.5) is 18.9 Å². The molecule has 0 spiro atoms. The molecule has 206 valence electrons. The van der Waals surface area contributed by atoms with Crippen LogP contribution in [-0.4, -0.2) is 39.8 Å². The Morgan fingerprint density at radius 2 is 1.76 bits per heavy atom. The Morgan fingerprint density at radius 3 is 2.39 bits per heavy atom. The number of nitrogens with zero attached hydrogens (tertiary/aromatic N) is 1. The van der Waals surface area contributed by atoms with Gasteiger partial charge in [0.25, 0.3) is 17.6 Å². The third-order valence-corrected chi connectivity index (χ3v) is 6.87. The number of hydrogen-bond acceptors (Lipinski definition) is 4. The first kappa shape index (κ1) is 29.2. The Kier molecular flexibility index (Phi) is 9.96. The highest BCUT2D eigenvalue weighted by molar-refractivity contribution is 6.48. The summed E-state index contributed by atoms with van der Waals surface area (Å²) in [6.45, 7) is 2.52. The molecule has 0 saturated carbocycles. The van der Waals surface area contributed by atoms with E-state index < -0.39 is 41.0 Å². The average molecular weight is 556 g/mol. The van der Waals surface area contributed by atoms with E-state index in [0.29, 0.717) is 50.1 Å². The Labute approximate surface area is 222 Å². The standard InChI is InChI=1S/C26H29ClF3N3O5/c1-2-3-6-14(11-19(34)35)7-4-9-31-26(38)24(36)23-21(27)20(18-8-5-10-33(18)23)25(37)32-15-12-16(28)22(30)17(29)13-15/h12-14H,2-11H2,1H3,(H,31,38)(H,32,37)(H,34,35). The summed E-state index contributed by atoms with van der Waals surface area (Å²) in [7, 11) is 0. The number of Topliss-reactive ketones (excluding diaryl/α,β-unsaturated/α-hetero) is 1. The molecule has 1 aromatic carbocycles. The number of rotatable bonds is 13.